The van der Waals surface area contributed by atoms with Crippen LogP contribution in [0.2, 0.25) is 0 Å². The number of rotatable bonds is 6. The normalized spacial score (nSPS) is 11.1. The zero-order valence-corrected chi connectivity index (χ0v) is 10.0. The van der Waals surface area contributed by atoms with Gasteiger partial charge < -0.3 is 10.2 Å². The van der Waals surface area contributed by atoms with Crippen molar-refractivity contribution < 1.29 is 0 Å². The minimum Gasteiger partial charge on any atom is -0.311 e. The highest BCUT2D eigenvalue weighted by Gasteiger charge is 2.03. The van der Waals surface area contributed by atoms with Crippen LogP contribution in [-0.4, -0.2) is 30.0 Å². The Morgan fingerprint density at radius 3 is 2.93 bits per heavy atom. The molecule has 0 aliphatic rings. The molecule has 0 atom stereocenters. The molecule has 0 aliphatic heterocycles. The molecule has 0 unspecified atom stereocenters. The average Bonchev–Trinajstić information content (AvgIpc) is 2.62. The van der Waals surface area contributed by atoms with Crippen LogP contribution < -0.4 is 5.32 Å². The minimum atomic E-state index is 0.900. The Morgan fingerprint density at radius 1 is 1.50 bits per heavy atom. The number of hydrogen-bond acceptors (Lipinski definition) is 4. The van der Waals surface area contributed by atoms with Gasteiger partial charge in [-0.15, -0.1) is 11.3 Å². The quantitative estimate of drug-likeness (QED) is 0.779. The third-order valence-electron chi connectivity index (χ3n) is 2.10. The topological polar surface area (TPSA) is 28.2 Å². The fraction of sp³-hybridized carbons (Fsp3) is 0.700. The predicted octanol–water partition coefficient (Wildman–Crippen LogP) is 1.70. The standard InChI is InChI=1S/C10H19N3S/c1-4-11-6-10-12-9(8-14-10)7-13(3)5-2/h8,11H,4-7H2,1-3H3. The highest BCUT2D eigenvalue weighted by Crippen LogP contribution is 2.10. The molecule has 0 spiro atoms. The van der Waals surface area contributed by atoms with Crippen molar-refractivity contribution in [1.82, 2.24) is 15.2 Å². The Hall–Kier alpha value is -0.450. The summed E-state index contributed by atoms with van der Waals surface area (Å²) in [6.07, 6.45) is 0. The zero-order chi connectivity index (χ0) is 10.4. The Kier molecular flexibility index (Phi) is 5.07. The third-order valence-corrected chi connectivity index (χ3v) is 2.99. The molecule has 1 N–H and O–H groups in total. The molecular weight excluding hydrogens is 194 g/mol. The van der Waals surface area contributed by atoms with Crippen molar-refractivity contribution in [3.63, 3.8) is 0 Å². The van der Waals surface area contributed by atoms with E-state index in [1.807, 2.05) is 0 Å². The molecule has 0 fully saturated rings. The highest BCUT2D eigenvalue weighted by molar-refractivity contribution is 7.09. The summed E-state index contributed by atoms with van der Waals surface area (Å²) in [5.74, 6) is 0. The Bertz CT molecular complexity index is 260. The van der Waals surface area contributed by atoms with E-state index in [9.17, 15) is 0 Å². The molecule has 4 heteroatoms. The van der Waals surface area contributed by atoms with Crippen molar-refractivity contribution in [3.8, 4) is 0 Å². The van der Waals surface area contributed by atoms with Crippen molar-refractivity contribution >= 4 is 11.3 Å². The molecular formula is C10H19N3S. The van der Waals surface area contributed by atoms with Crippen molar-refractivity contribution in [1.29, 1.82) is 0 Å². The number of aromatic nitrogens is 1. The summed E-state index contributed by atoms with van der Waals surface area (Å²) in [5, 5.41) is 6.62. The van der Waals surface area contributed by atoms with Crippen LogP contribution in [0.25, 0.3) is 0 Å². The second-order valence-electron chi connectivity index (χ2n) is 3.34. The Balaban J connectivity index is 2.42. The summed E-state index contributed by atoms with van der Waals surface area (Å²) in [7, 11) is 2.11. The summed E-state index contributed by atoms with van der Waals surface area (Å²) in [4.78, 5) is 6.81. The smallest absolute Gasteiger partial charge is 0.107 e. The van der Waals surface area contributed by atoms with E-state index in [-0.39, 0.29) is 0 Å². The van der Waals surface area contributed by atoms with Crippen molar-refractivity contribution in [2.75, 3.05) is 20.1 Å². The van der Waals surface area contributed by atoms with E-state index in [0.717, 1.165) is 26.2 Å². The maximum atomic E-state index is 4.55. The molecule has 0 radical (unpaired) electrons. The van der Waals surface area contributed by atoms with Crippen molar-refractivity contribution in [2.45, 2.75) is 26.9 Å². The lowest BCUT2D eigenvalue weighted by Gasteiger charge is -2.10. The van der Waals surface area contributed by atoms with E-state index < -0.39 is 0 Å². The molecule has 0 saturated carbocycles. The lowest BCUT2D eigenvalue weighted by molar-refractivity contribution is 0.342. The summed E-state index contributed by atoms with van der Waals surface area (Å²) in [6.45, 7) is 8.20. The Labute approximate surface area is 90.2 Å². The predicted molar refractivity (Wildman–Crippen MR) is 61.5 cm³/mol. The second kappa shape index (κ2) is 6.11. The number of nitrogens with zero attached hydrogens (tertiary/aromatic N) is 2. The molecule has 0 aliphatic carbocycles. The summed E-state index contributed by atoms with van der Waals surface area (Å²) < 4.78 is 0. The third kappa shape index (κ3) is 3.74. The maximum Gasteiger partial charge on any atom is 0.107 e. The maximum absolute atomic E-state index is 4.55. The van der Waals surface area contributed by atoms with Crippen LogP contribution in [0.15, 0.2) is 5.38 Å². The van der Waals surface area contributed by atoms with Gasteiger partial charge in [-0.1, -0.05) is 13.8 Å². The van der Waals surface area contributed by atoms with Gasteiger partial charge >= 0.3 is 0 Å². The van der Waals surface area contributed by atoms with Gasteiger partial charge in [0.15, 0.2) is 0 Å². The molecule has 1 aromatic heterocycles. The van der Waals surface area contributed by atoms with Crippen LogP contribution in [0.3, 0.4) is 0 Å². The number of thiazole rings is 1. The SMILES string of the molecule is CCNCc1nc(CN(C)CC)cs1. The summed E-state index contributed by atoms with van der Waals surface area (Å²) >= 11 is 1.74. The molecule has 1 rings (SSSR count). The molecule has 0 amide bonds. The lowest BCUT2D eigenvalue weighted by atomic mass is 10.4. The van der Waals surface area contributed by atoms with Crippen LogP contribution in [0, 0.1) is 0 Å². The zero-order valence-electron chi connectivity index (χ0n) is 9.21. The molecule has 0 saturated heterocycles. The molecule has 1 aromatic rings. The molecule has 80 valence electrons. The largest absolute Gasteiger partial charge is 0.311 e. The number of hydrogen-bond donors (Lipinski definition) is 1. The first-order chi connectivity index (χ1) is 6.76. The van der Waals surface area contributed by atoms with E-state index in [1.54, 1.807) is 11.3 Å². The summed E-state index contributed by atoms with van der Waals surface area (Å²) in [5.41, 5.74) is 1.19. The van der Waals surface area contributed by atoms with Crippen LogP contribution >= 0.6 is 11.3 Å². The molecule has 0 bridgehead atoms. The molecule has 3 nitrogen and oxygen atoms in total. The van der Waals surface area contributed by atoms with Gasteiger partial charge in [0.05, 0.1) is 5.69 Å². The molecule has 14 heavy (non-hydrogen) atoms. The fourth-order valence-electron chi connectivity index (χ4n) is 1.12. The first-order valence-electron chi connectivity index (χ1n) is 5.08. The van der Waals surface area contributed by atoms with Gasteiger partial charge in [0, 0.05) is 18.5 Å². The van der Waals surface area contributed by atoms with E-state index in [1.165, 1.54) is 10.7 Å². The summed E-state index contributed by atoms with van der Waals surface area (Å²) in [6, 6.07) is 0. The van der Waals surface area contributed by atoms with Gasteiger partial charge in [-0.2, -0.15) is 0 Å². The van der Waals surface area contributed by atoms with Crippen molar-refractivity contribution in [2.24, 2.45) is 0 Å². The Morgan fingerprint density at radius 2 is 2.29 bits per heavy atom. The fourth-order valence-corrected chi connectivity index (χ4v) is 1.88. The van der Waals surface area contributed by atoms with Crippen LogP contribution in [0.1, 0.15) is 24.5 Å². The monoisotopic (exact) mass is 213 g/mol. The van der Waals surface area contributed by atoms with Crippen molar-refractivity contribution in [3.05, 3.63) is 16.1 Å². The van der Waals surface area contributed by atoms with Gasteiger partial charge in [-0.3, -0.25) is 0 Å². The second-order valence-corrected chi connectivity index (χ2v) is 4.29. The number of nitrogens with one attached hydrogen (secondary N) is 1. The molecule has 1 heterocycles. The van der Waals surface area contributed by atoms with Gasteiger partial charge in [0.25, 0.3) is 0 Å². The van der Waals surface area contributed by atoms with E-state index in [0.29, 0.717) is 0 Å². The first kappa shape index (κ1) is 11.6. The van der Waals surface area contributed by atoms with Gasteiger partial charge in [0.2, 0.25) is 0 Å². The van der Waals surface area contributed by atoms with Crippen LogP contribution in [0.5, 0.6) is 0 Å². The van der Waals surface area contributed by atoms with E-state index in [4.69, 9.17) is 0 Å². The minimum absolute atomic E-state index is 0.900. The highest BCUT2D eigenvalue weighted by atomic mass is 32.1. The van der Waals surface area contributed by atoms with Gasteiger partial charge in [-0.05, 0) is 20.1 Å². The first-order valence-corrected chi connectivity index (χ1v) is 5.96. The van der Waals surface area contributed by atoms with Crippen LogP contribution in [0.4, 0.5) is 0 Å². The lowest BCUT2D eigenvalue weighted by Crippen LogP contribution is -2.17. The average molecular weight is 213 g/mol. The van der Waals surface area contributed by atoms with Crippen LogP contribution in [-0.2, 0) is 13.1 Å². The van der Waals surface area contributed by atoms with E-state index in [2.05, 4.69) is 41.5 Å². The van der Waals surface area contributed by atoms with E-state index >= 15 is 0 Å². The van der Waals surface area contributed by atoms with Gasteiger partial charge in [-0.25, -0.2) is 4.98 Å². The van der Waals surface area contributed by atoms with Gasteiger partial charge in [0.1, 0.15) is 5.01 Å². The molecule has 0 aromatic carbocycles.